The van der Waals surface area contributed by atoms with Crippen LogP contribution in [0.2, 0.25) is 0 Å². The lowest BCUT2D eigenvalue weighted by molar-refractivity contribution is -0.178. The molecule has 1 fully saturated rings. The highest BCUT2D eigenvalue weighted by Crippen LogP contribution is 2.47. The van der Waals surface area contributed by atoms with Gasteiger partial charge in [0.05, 0.1) is 0 Å². The van der Waals surface area contributed by atoms with Crippen molar-refractivity contribution in [3.05, 3.63) is 105 Å². The molecule has 0 spiro atoms. The summed E-state index contributed by atoms with van der Waals surface area (Å²) in [5.41, 5.74) is 0.389. The van der Waals surface area contributed by atoms with Crippen LogP contribution in [0, 0.1) is 0 Å². The molecular weight excluding hydrogens is 629 g/mol. The number of ether oxygens (including phenoxy) is 3. The first kappa shape index (κ1) is 33.0. The van der Waals surface area contributed by atoms with Crippen LogP contribution in [-0.4, -0.2) is 58.2 Å². The predicted octanol–water partition coefficient (Wildman–Crippen LogP) is 4.70. The normalized spacial score (nSPS) is 20.8. The third-order valence-electron chi connectivity index (χ3n) is 7.64. The molecule has 3 aromatic rings. The van der Waals surface area contributed by atoms with Crippen LogP contribution >= 0.6 is 23.1 Å². The Bertz CT molecular complexity index is 1600. The Morgan fingerprint density at radius 2 is 1.57 bits per heavy atom. The van der Waals surface area contributed by atoms with E-state index in [-0.39, 0.29) is 19.6 Å². The zero-order valence-corrected chi connectivity index (χ0v) is 27.0. The number of thioether (sulfide) groups is 1. The smallest absolute Gasteiger partial charge is 0.333 e. The summed E-state index contributed by atoms with van der Waals surface area (Å²) in [6.07, 6.45) is 0.651. The van der Waals surface area contributed by atoms with Crippen molar-refractivity contribution in [1.29, 1.82) is 0 Å². The summed E-state index contributed by atoms with van der Waals surface area (Å²) in [7, 11) is 0. The van der Waals surface area contributed by atoms with E-state index in [0.717, 1.165) is 11.1 Å². The Morgan fingerprint density at radius 3 is 2.17 bits per heavy atom. The number of benzene rings is 2. The van der Waals surface area contributed by atoms with Gasteiger partial charge in [0, 0.05) is 11.3 Å². The van der Waals surface area contributed by atoms with Crippen LogP contribution in [0.1, 0.15) is 48.6 Å². The van der Waals surface area contributed by atoms with Gasteiger partial charge >= 0.3 is 17.9 Å². The van der Waals surface area contributed by atoms with Gasteiger partial charge in [-0.15, -0.1) is 23.1 Å². The number of hydrogen-bond donors (Lipinski definition) is 1. The number of esters is 3. The molecule has 4 atom stereocenters. The van der Waals surface area contributed by atoms with E-state index in [2.05, 4.69) is 5.32 Å². The van der Waals surface area contributed by atoms with Crippen molar-refractivity contribution in [3.63, 3.8) is 0 Å². The van der Waals surface area contributed by atoms with Crippen molar-refractivity contribution in [1.82, 2.24) is 10.2 Å². The van der Waals surface area contributed by atoms with Gasteiger partial charge in [-0.25, -0.2) is 4.79 Å². The standard InChI is InChI=1S/C34H34N2O8S2/c1-3-11-26(37)44-21-34(35-29(38)27(25-16-10-17-45-25)30(39)42-18-23-12-6-4-7-13-23)32(41)36-28(22(2)20-46-33(34)36)31(40)43-19-24-14-8-5-9-15-24/h4-10,12-17,20,27-28,33H,3,11,18-19,21H2,1-2H3,(H,35,38)/t27?,28?,33-,34?/m0/s1. The number of rotatable bonds is 13. The molecule has 2 aromatic carbocycles. The number of thiophene rings is 1. The highest BCUT2D eigenvalue weighted by atomic mass is 32.2. The first-order valence-electron chi connectivity index (χ1n) is 14.8. The molecule has 5 rings (SSSR count). The maximum Gasteiger partial charge on any atom is 0.333 e. The van der Waals surface area contributed by atoms with Crippen molar-refractivity contribution >= 4 is 52.8 Å². The van der Waals surface area contributed by atoms with E-state index in [0.29, 0.717) is 16.9 Å². The SMILES string of the molecule is CCCC(=O)OCC1(NC(=O)C(C(=O)OCc2ccccc2)c2cccs2)C(=O)N2C(C(=O)OCc3ccccc3)C(C)=CS[C@H]21. The molecule has 2 amide bonds. The first-order valence-corrected chi connectivity index (χ1v) is 16.6. The predicted molar refractivity (Wildman–Crippen MR) is 172 cm³/mol. The second-order valence-corrected chi connectivity index (χ2v) is 12.9. The summed E-state index contributed by atoms with van der Waals surface area (Å²) in [4.78, 5) is 69.1. The van der Waals surface area contributed by atoms with Gasteiger partial charge in [0.15, 0.2) is 17.5 Å². The summed E-state index contributed by atoms with van der Waals surface area (Å²) in [6, 6.07) is 20.5. The molecule has 0 radical (unpaired) electrons. The van der Waals surface area contributed by atoms with E-state index >= 15 is 0 Å². The second-order valence-electron chi connectivity index (χ2n) is 11.0. The number of carbonyl (C=O) groups is 5. The van der Waals surface area contributed by atoms with Crippen LogP contribution in [0.5, 0.6) is 0 Å². The van der Waals surface area contributed by atoms with E-state index in [1.54, 1.807) is 42.0 Å². The van der Waals surface area contributed by atoms with Crippen LogP contribution in [0.4, 0.5) is 0 Å². The maximum atomic E-state index is 14.1. The van der Waals surface area contributed by atoms with E-state index in [1.165, 1.54) is 28.0 Å². The van der Waals surface area contributed by atoms with E-state index in [1.807, 2.05) is 55.5 Å². The van der Waals surface area contributed by atoms with Gasteiger partial charge < -0.3 is 24.4 Å². The van der Waals surface area contributed by atoms with Gasteiger partial charge in [0.25, 0.3) is 5.91 Å². The molecule has 2 aliphatic heterocycles. The molecule has 240 valence electrons. The van der Waals surface area contributed by atoms with Crippen LogP contribution in [0.3, 0.4) is 0 Å². The molecule has 0 aliphatic carbocycles. The average molecular weight is 663 g/mol. The quantitative estimate of drug-likeness (QED) is 0.120. The van der Waals surface area contributed by atoms with Crippen LogP contribution in [0.15, 0.2) is 89.2 Å². The largest absolute Gasteiger partial charge is 0.462 e. The molecule has 0 saturated carbocycles. The molecule has 0 bridgehead atoms. The minimum atomic E-state index is -1.74. The number of hydrogen-bond acceptors (Lipinski definition) is 10. The third-order valence-corrected chi connectivity index (χ3v) is 9.97. The zero-order chi connectivity index (χ0) is 32.7. The van der Waals surface area contributed by atoms with E-state index < -0.39 is 59.2 Å². The van der Waals surface area contributed by atoms with Crippen LogP contribution in [0.25, 0.3) is 0 Å². The van der Waals surface area contributed by atoms with Gasteiger partial charge in [0.2, 0.25) is 5.91 Å². The van der Waals surface area contributed by atoms with Crippen molar-refractivity contribution in [2.45, 2.75) is 62.8 Å². The minimum absolute atomic E-state index is 0.0212. The van der Waals surface area contributed by atoms with Gasteiger partial charge in [-0.05, 0) is 46.9 Å². The number of fused-ring (bicyclic) bond motifs is 1. The van der Waals surface area contributed by atoms with Gasteiger partial charge in [-0.2, -0.15) is 0 Å². The van der Waals surface area contributed by atoms with E-state index in [4.69, 9.17) is 14.2 Å². The molecule has 3 unspecified atom stereocenters. The summed E-state index contributed by atoms with van der Waals surface area (Å²) in [6.45, 7) is 3.04. The molecule has 12 heteroatoms. The fourth-order valence-electron chi connectivity index (χ4n) is 5.28. The first-order chi connectivity index (χ1) is 22.2. The topological polar surface area (TPSA) is 128 Å². The zero-order valence-electron chi connectivity index (χ0n) is 25.4. The molecule has 3 heterocycles. The molecule has 46 heavy (non-hydrogen) atoms. The van der Waals surface area contributed by atoms with Gasteiger partial charge in [0.1, 0.15) is 25.2 Å². The fraction of sp³-hybridized carbons (Fsp3) is 0.324. The second kappa shape index (κ2) is 14.8. The van der Waals surface area contributed by atoms with Gasteiger partial charge in [-0.3, -0.25) is 19.2 Å². The number of amides is 2. The summed E-state index contributed by atoms with van der Waals surface area (Å²) in [5.74, 6) is -4.74. The Hall–Kier alpha value is -4.42. The van der Waals surface area contributed by atoms with Crippen LogP contribution < -0.4 is 5.32 Å². The maximum absolute atomic E-state index is 14.1. The summed E-state index contributed by atoms with van der Waals surface area (Å²) < 4.78 is 16.6. The van der Waals surface area contributed by atoms with Gasteiger partial charge in [-0.1, -0.05) is 73.7 Å². The van der Waals surface area contributed by atoms with Crippen molar-refractivity contribution in [2.24, 2.45) is 0 Å². The number of β-lactam (4-membered cyclic amide) rings is 1. The van der Waals surface area contributed by atoms with E-state index in [9.17, 15) is 24.0 Å². The molecule has 1 saturated heterocycles. The highest BCUT2D eigenvalue weighted by Gasteiger charge is 2.67. The lowest BCUT2D eigenvalue weighted by atomic mass is 9.84. The Morgan fingerprint density at radius 1 is 0.913 bits per heavy atom. The highest BCUT2D eigenvalue weighted by molar-refractivity contribution is 8.03. The lowest BCUT2D eigenvalue weighted by Gasteiger charge is -2.58. The summed E-state index contributed by atoms with van der Waals surface area (Å²) in [5, 5.41) is 5.42. The Kier molecular flexibility index (Phi) is 10.6. The molecule has 1 N–H and O–H groups in total. The Labute approximate surface area is 275 Å². The molecular formula is C34H34N2O8S2. The number of nitrogens with one attached hydrogen (secondary N) is 1. The van der Waals surface area contributed by atoms with Crippen molar-refractivity contribution in [2.75, 3.05) is 6.61 Å². The molecule has 1 aromatic heterocycles. The average Bonchev–Trinajstić information content (AvgIpc) is 3.59. The Balaban J connectivity index is 1.39. The summed E-state index contributed by atoms with van der Waals surface area (Å²) >= 11 is 2.41. The number of nitrogens with zero attached hydrogens (tertiary/aromatic N) is 1. The monoisotopic (exact) mass is 662 g/mol. The third kappa shape index (κ3) is 7.02. The minimum Gasteiger partial charge on any atom is -0.462 e. The lowest BCUT2D eigenvalue weighted by Crippen LogP contribution is -2.84. The van der Waals surface area contributed by atoms with Crippen LogP contribution in [-0.2, 0) is 51.4 Å². The van der Waals surface area contributed by atoms with Crippen molar-refractivity contribution in [3.8, 4) is 0 Å². The fourth-order valence-corrected chi connectivity index (χ4v) is 7.37. The number of carbonyl (C=O) groups excluding carboxylic acids is 5. The molecule has 2 aliphatic rings. The van der Waals surface area contributed by atoms with Crippen molar-refractivity contribution < 1.29 is 38.2 Å². The molecule has 10 nitrogen and oxygen atoms in total.